The van der Waals surface area contributed by atoms with Gasteiger partial charge in [-0.2, -0.15) is 18.2 Å². The number of nitrogens with zero attached hydrogens (tertiary/aromatic N) is 2. The van der Waals surface area contributed by atoms with E-state index in [0.717, 1.165) is 40.6 Å². The summed E-state index contributed by atoms with van der Waals surface area (Å²) >= 11 is 0. The first-order valence-electron chi connectivity index (χ1n) is 8.80. The Morgan fingerprint density at radius 2 is 1.73 bits per heavy atom. The third-order valence-electron chi connectivity index (χ3n) is 3.95. The molecule has 1 heterocycles. The Morgan fingerprint density at radius 1 is 1.10 bits per heavy atom. The van der Waals surface area contributed by atoms with E-state index in [1.807, 2.05) is 6.92 Å². The quantitative estimate of drug-likeness (QED) is 0.436. The van der Waals surface area contributed by atoms with Crippen molar-refractivity contribution in [2.24, 2.45) is 0 Å². The number of ether oxygens (including phenoxy) is 1. The summed E-state index contributed by atoms with van der Waals surface area (Å²) in [5, 5.41) is 3.96. The van der Waals surface area contributed by atoms with Gasteiger partial charge in [0.1, 0.15) is 10.7 Å². The molecule has 0 saturated carbocycles. The molecular weight excluding hydrogens is 415 g/mol. The molecule has 0 saturated heterocycles. The van der Waals surface area contributed by atoms with Gasteiger partial charge in [0.15, 0.2) is 5.75 Å². The van der Waals surface area contributed by atoms with E-state index in [1.54, 1.807) is 31.2 Å². The molecule has 0 amide bonds. The molecule has 8 nitrogen and oxygen atoms in total. The number of hydrogen-bond acceptors (Lipinski definition) is 7. The van der Waals surface area contributed by atoms with Gasteiger partial charge in [-0.1, -0.05) is 17.7 Å². The largest absolute Gasteiger partial charge is 0.461 e. The van der Waals surface area contributed by atoms with Crippen molar-refractivity contribution >= 4 is 16.1 Å². The number of aromatic nitrogens is 2. The van der Waals surface area contributed by atoms with Crippen LogP contribution in [0.1, 0.15) is 23.0 Å². The number of hydrogen-bond donors (Lipinski definition) is 0. The van der Waals surface area contributed by atoms with E-state index in [9.17, 15) is 22.4 Å². The van der Waals surface area contributed by atoms with Crippen LogP contribution in [-0.4, -0.2) is 30.8 Å². The first kappa shape index (κ1) is 21.2. The molecule has 0 radical (unpaired) electrons. The van der Waals surface area contributed by atoms with Crippen molar-refractivity contribution in [3.05, 3.63) is 82.0 Å². The van der Waals surface area contributed by atoms with Gasteiger partial charge >= 0.3 is 16.1 Å². The van der Waals surface area contributed by atoms with Crippen molar-refractivity contribution < 1.29 is 26.5 Å². The minimum absolute atomic E-state index is 0.00563. The predicted octanol–water partition coefficient (Wildman–Crippen LogP) is 2.62. The lowest BCUT2D eigenvalue weighted by Crippen LogP contribution is -2.26. The summed E-state index contributed by atoms with van der Waals surface area (Å²) in [7, 11) is -4.46. The molecule has 2 aromatic carbocycles. The topological polar surface area (TPSA) is 105 Å². The maximum absolute atomic E-state index is 13.1. The number of benzene rings is 2. The number of carbonyl (C=O) groups is 1. The van der Waals surface area contributed by atoms with Crippen molar-refractivity contribution in [2.45, 2.75) is 18.7 Å². The minimum Gasteiger partial charge on any atom is -0.461 e. The highest BCUT2D eigenvalue weighted by atomic mass is 32.2. The lowest BCUT2D eigenvalue weighted by atomic mass is 10.2. The summed E-state index contributed by atoms with van der Waals surface area (Å²) in [6, 6.07) is 11.4. The van der Waals surface area contributed by atoms with Crippen molar-refractivity contribution in [1.29, 1.82) is 0 Å². The van der Waals surface area contributed by atoms with Crippen molar-refractivity contribution in [3.8, 4) is 11.4 Å². The molecule has 30 heavy (non-hydrogen) atoms. The smallest absolute Gasteiger partial charge is 0.362 e. The third-order valence-corrected chi connectivity index (χ3v) is 5.19. The van der Waals surface area contributed by atoms with Crippen LogP contribution in [-0.2, 0) is 14.9 Å². The van der Waals surface area contributed by atoms with Crippen LogP contribution in [0, 0.1) is 12.7 Å². The maximum Gasteiger partial charge on any atom is 0.362 e. The van der Waals surface area contributed by atoms with Crippen LogP contribution in [0.5, 0.6) is 5.75 Å². The molecule has 1 aromatic heterocycles. The number of esters is 1. The molecule has 0 atom stereocenters. The van der Waals surface area contributed by atoms with E-state index in [-0.39, 0.29) is 11.5 Å². The summed E-state index contributed by atoms with van der Waals surface area (Å²) in [5.41, 5.74) is 0.0887. The van der Waals surface area contributed by atoms with E-state index in [1.165, 1.54) is 0 Å². The van der Waals surface area contributed by atoms with E-state index < -0.39 is 38.9 Å². The molecule has 0 aliphatic rings. The average molecular weight is 432 g/mol. The van der Waals surface area contributed by atoms with E-state index >= 15 is 0 Å². The summed E-state index contributed by atoms with van der Waals surface area (Å²) in [6.07, 6.45) is 0. The highest BCUT2D eigenvalue weighted by molar-refractivity contribution is 7.87. The molecule has 0 fully saturated rings. The normalized spacial score (nSPS) is 11.2. The van der Waals surface area contributed by atoms with Gasteiger partial charge in [-0.25, -0.2) is 9.18 Å². The second kappa shape index (κ2) is 8.46. The summed E-state index contributed by atoms with van der Waals surface area (Å²) in [6.45, 7) is 3.42. The van der Waals surface area contributed by atoms with Gasteiger partial charge in [-0.3, -0.25) is 4.79 Å². The standard InChI is InChI=1S/C20H17FN2O6S/c1-3-28-20(25)19-17(29-30(26,27)16-10-6-14(21)7-11-16)12-18(24)23(22-19)15-8-4-13(2)5-9-15/h4-12H,3H2,1-2H3. The Labute approximate surface area is 171 Å². The Hall–Kier alpha value is -3.53. The van der Waals surface area contributed by atoms with Gasteiger partial charge < -0.3 is 8.92 Å². The highest BCUT2D eigenvalue weighted by Gasteiger charge is 2.25. The van der Waals surface area contributed by atoms with Gasteiger partial charge in [-0.05, 0) is 50.2 Å². The maximum atomic E-state index is 13.1. The molecule has 0 aliphatic carbocycles. The summed E-state index contributed by atoms with van der Waals surface area (Å²) in [4.78, 5) is 24.5. The van der Waals surface area contributed by atoms with Gasteiger partial charge in [-0.15, -0.1) is 0 Å². The lowest BCUT2D eigenvalue weighted by Gasteiger charge is -2.12. The molecule has 0 bridgehead atoms. The van der Waals surface area contributed by atoms with Crippen LogP contribution in [0.4, 0.5) is 4.39 Å². The molecule has 0 aliphatic heterocycles. The van der Waals surface area contributed by atoms with E-state index in [2.05, 4.69) is 5.10 Å². The molecule has 0 spiro atoms. The number of halogens is 1. The monoisotopic (exact) mass is 432 g/mol. The van der Waals surface area contributed by atoms with Crippen LogP contribution in [0.2, 0.25) is 0 Å². The van der Waals surface area contributed by atoms with Crippen LogP contribution in [0.15, 0.2) is 64.3 Å². The van der Waals surface area contributed by atoms with Crippen LogP contribution < -0.4 is 9.74 Å². The van der Waals surface area contributed by atoms with Gasteiger partial charge in [0.2, 0.25) is 5.69 Å². The Morgan fingerprint density at radius 3 is 2.33 bits per heavy atom. The third kappa shape index (κ3) is 4.54. The first-order chi connectivity index (χ1) is 14.2. The fourth-order valence-corrected chi connectivity index (χ4v) is 3.41. The molecular formula is C20H17FN2O6S. The molecule has 3 rings (SSSR count). The average Bonchev–Trinajstić information content (AvgIpc) is 2.69. The van der Waals surface area contributed by atoms with Crippen LogP contribution in [0.25, 0.3) is 5.69 Å². The van der Waals surface area contributed by atoms with E-state index in [0.29, 0.717) is 5.69 Å². The van der Waals surface area contributed by atoms with Crippen LogP contribution >= 0.6 is 0 Å². The molecule has 10 heteroatoms. The molecule has 3 aromatic rings. The SMILES string of the molecule is CCOC(=O)c1nn(-c2ccc(C)cc2)c(=O)cc1OS(=O)(=O)c1ccc(F)cc1. The fourth-order valence-electron chi connectivity index (χ4n) is 2.48. The number of aryl methyl sites for hydroxylation is 1. The summed E-state index contributed by atoms with van der Waals surface area (Å²) in [5.74, 6) is -2.20. The second-order valence-electron chi connectivity index (χ2n) is 6.15. The minimum atomic E-state index is -4.46. The number of carbonyl (C=O) groups excluding carboxylic acids is 1. The molecule has 0 N–H and O–H groups in total. The van der Waals surface area contributed by atoms with Crippen molar-refractivity contribution in [1.82, 2.24) is 9.78 Å². The fraction of sp³-hybridized carbons (Fsp3) is 0.150. The van der Waals surface area contributed by atoms with Gasteiger partial charge in [0.05, 0.1) is 18.4 Å². The molecule has 0 unspecified atom stereocenters. The van der Waals surface area contributed by atoms with Crippen LogP contribution in [0.3, 0.4) is 0 Å². The highest BCUT2D eigenvalue weighted by Crippen LogP contribution is 2.22. The second-order valence-corrected chi connectivity index (χ2v) is 7.70. The van der Waals surface area contributed by atoms with Gasteiger partial charge in [0.25, 0.3) is 5.56 Å². The lowest BCUT2D eigenvalue weighted by molar-refractivity contribution is 0.0515. The zero-order valence-electron chi connectivity index (χ0n) is 16.0. The molecule has 156 valence electrons. The Kier molecular flexibility index (Phi) is 5.97. The van der Waals surface area contributed by atoms with Crippen molar-refractivity contribution in [2.75, 3.05) is 6.61 Å². The Bertz CT molecular complexity index is 1240. The zero-order valence-corrected chi connectivity index (χ0v) is 16.8. The predicted molar refractivity (Wildman–Crippen MR) is 105 cm³/mol. The Balaban J connectivity index is 2.10. The van der Waals surface area contributed by atoms with Gasteiger partial charge in [0, 0.05) is 0 Å². The summed E-state index contributed by atoms with van der Waals surface area (Å²) < 4.78 is 49.0. The first-order valence-corrected chi connectivity index (χ1v) is 10.2. The zero-order chi connectivity index (χ0) is 21.9. The van der Waals surface area contributed by atoms with Crippen molar-refractivity contribution in [3.63, 3.8) is 0 Å². The number of rotatable bonds is 6. The van der Waals surface area contributed by atoms with E-state index in [4.69, 9.17) is 8.92 Å².